The third kappa shape index (κ3) is 1.42. The van der Waals surface area contributed by atoms with Gasteiger partial charge in [-0.1, -0.05) is 0 Å². The Morgan fingerprint density at radius 1 is 1.23 bits per heavy atom. The molecule has 0 fully saturated rings. The van der Waals surface area contributed by atoms with Gasteiger partial charge in [-0.05, 0) is 31.0 Å². The highest BCUT2D eigenvalue weighted by molar-refractivity contribution is 5.92. The zero-order valence-corrected chi connectivity index (χ0v) is 7.33. The molecule has 0 aliphatic rings. The average Bonchev–Trinajstić information content (AvgIpc) is 2.07. The summed E-state index contributed by atoms with van der Waals surface area (Å²) in [5.41, 5.74) is 0.843. The highest BCUT2D eigenvalue weighted by atomic mass is 16.4. The summed E-state index contributed by atoms with van der Waals surface area (Å²) in [5.74, 6) is -2.19. The van der Waals surface area contributed by atoms with Crippen LogP contribution in [0.1, 0.15) is 21.5 Å². The summed E-state index contributed by atoms with van der Waals surface area (Å²) in [6.07, 6.45) is 0. The lowest BCUT2D eigenvalue weighted by atomic mass is 10.0. The van der Waals surface area contributed by atoms with Crippen LogP contribution in [0.5, 0.6) is 11.5 Å². The third-order valence-corrected chi connectivity index (χ3v) is 2.02. The molecule has 0 radical (unpaired) electrons. The maximum Gasteiger partial charge on any atom is 0.339 e. The maximum atomic E-state index is 10.6. The van der Waals surface area contributed by atoms with E-state index in [2.05, 4.69) is 0 Å². The number of aryl methyl sites for hydroxylation is 1. The van der Waals surface area contributed by atoms with E-state index in [1.807, 2.05) is 0 Å². The van der Waals surface area contributed by atoms with Gasteiger partial charge < -0.3 is 15.3 Å². The van der Waals surface area contributed by atoms with Crippen LogP contribution < -0.4 is 0 Å². The van der Waals surface area contributed by atoms with Gasteiger partial charge in [0.2, 0.25) is 0 Å². The van der Waals surface area contributed by atoms with E-state index in [0.717, 1.165) is 0 Å². The largest absolute Gasteiger partial charge is 0.504 e. The molecule has 0 heterocycles. The number of benzene rings is 1. The lowest BCUT2D eigenvalue weighted by Gasteiger charge is -2.07. The molecule has 0 saturated heterocycles. The van der Waals surface area contributed by atoms with E-state index in [1.165, 1.54) is 6.07 Å². The van der Waals surface area contributed by atoms with Gasteiger partial charge in [0.25, 0.3) is 0 Å². The van der Waals surface area contributed by atoms with Crippen LogP contribution in [0.25, 0.3) is 0 Å². The summed E-state index contributed by atoms with van der Waals surface area (Å²) in [7, 11) is 0. The lowest BCUT2D eigenvalue weighted by Crippen LogP contribution is -1.99. The predicted octanol–water partition coefficient (Wildman–Crippen LogP) is 1.41. The van der Waals surface area contributed by atoms with Crippen LogP contribution in [0.3, 0.4) is 0 Å². The van der Waals surface area contributed by atoms with Crippen LogP contribution in [0.2, 0.25) is 0 Å². The van der Waals surface area contributed by atoms with Crippen molar-refractivity contribution in [3.8, 4) is 11.5 Å². The molecule has 4 nitrogen and oxygen atoms in total. The van der Waals surface area contributed by atoms with Crippen molar-refractivity contribution in [2.75, 3.05) is 0 Å². The Bertz CT molecular complexity index is 368. The van der Waals surface area contributed by atoms with E-state index in [1.54, 1.807) is 13.8 Å². The minimum Gasteiger partial charge on any atom is -0.504 e. The van der Waals surface area contributed by atoms with Gasteiger partial charge in [-0.15, -0.1) is 0 Å². The first kappa shape index (κ1) is 9.38. The molecule has 1 aromatic rings. The van der Waals surface area contributed by atoms with E-state index in [-0.39, 0.29) is 11.3 Å². The van der Waals surface area contributed by atoms with Crippen molar-refractivity contribution < 1.29 is 20.1 Å². The summed E-state index contributed by atoms with van der Waals surface area (Å²) >= 11 is 0. The number of aromatic carboxylic acids is 1. The smallest absolute Gasteiger partial charge is 0.339 e. The number of aromatic hydroxyl groups is 2. The normalized spacial score (nSPS) is 10.0. The molecule has 0 saturated carbocycles. The molecule has 0 spiro atoms. The van der Waals surface area contributed by atoms with Crippen molar-refractivity contribution in [2.45, 2.75) is 13.8 Å². The van der Waals surface area contributed by atoms with Gasteiger partial charge in [-0.3, -0.25) is 0 Å². The molecular weight excluding hydrogens is 172 g/mol. The third-order valence-electron chi connectivity index (χ3n) is 2.02. The maximum absolute atomic E-state index is 10.6. The van der Waals surface area contributed by atoms with Crippen molar-refractivity contribution in [2.24, 2.45) is 0 Å². The number of carboxylic acid groups (broad SMARTS) is 1. The van der Waals surface area contributed by atoms with Gasteiger partial charge in [0.15, 0.2) is 11.5 Å². The highest BCUT2D eigenvalue weighted by Crippen LogP contribution is 2.34. The Morgan fingerprint density at radius 2 is 1.77 bits per heavy atom. The summed E-state index contributed by atoms with van der Waals surface area (Å²) in [6, 6.07) is 1.33. The molecule has 0 aliphatic carbocycles. The molecule has 0 unspecified atom stereocenters. The lowest BCUT2D eigenvalue weighted by molar-refractivity contribution is 0.0693. The van der Waals surface area contributed by atoms with Gasteiger partial charge >= 0.3 is 5.97 Å². The quantitative estimate of drug-likeness (QED) is 0.574. The van der Waals surface area contributed by atoms with Gasteiger partial charge in [-0.2, -0.15) is 0 Å². The number of phenols is 2. The fourth-order valence-corrected chi connectivity index (χ4v) is 1.05. The van der Waals surface area contributed by atoms with Crippen LogP contribution in [0.4, 0.5) is 0 Å². The van der Waals surface area contributed by atoms with Crippen LogP contribution in [-0.4, -0.2) is 21.3 Å². The number of hydrogen-bond acceptors (Lipinski definition) is 3. The van der Waals surface area contributed by atoms with Gasteiger partial charge in [0.05, 0.1) is 0 Å². The zero-order valence-electron chi connectivity index (χ0n) is 7.33. The van der Waals surface area contributed by atoms with E-state index >= 15 is 0 Å². The molecule has 4 heteroatoms. The first-order valence-electron chi connectivity index (χ1n) is 3.70. The average molecular weight is 182 g/mol. The summed E-state index contributed by atoms with van der Waals surface area (Å²) in [6.45, 7) is 3.27. The van der Waals surface area contributed by atoms with Crippen molar-refractivity contribution >= 4 is 5.97 Å². The van der Waals surface area contributed by atoms with Crippen LogP contribution in [0.15, 0.2) is 6.07 Å². The minimum atomic E-state index is -1.25. The number of carbonyl (C=O) groups is 1. The van der Waals surface area contributed by atoms with Crippen LogP contribution in [0, 0.1) is 13.8 Å². The van der Waals surface area contributed by atoms with Crippen LogP contribution in [-0.2, 0) is 0 Å². The first-order chi connectivity index (χ1) is 5.95. The van der Waals surface area contributed by atoms with E-state index in [4.69, 9.17) is 5.11 Å². The second-order valence-electron chi connectivity index (χ2n) is 2.87. The predicted molar refractivity (Wildman–Crippen MR) is 46.2 cm³/mol. The number of rotatable bonds is 1. The Morgan fingerprint density at radius 3 is 2.23 bits per heavy atom. The standard InChI is InChI=1S/C9H10O4/c1-4-3-6(9(12)13)8(11)7(10)5(4)2/h3,10-11H,1-2H3,(H,12,13). The van der Waals surface area contributed by atoms with Crippen molar-refractivity contribution in [3.05, 3.63) is 22.8 Å². The summed E-state index contributed by atoms with van der Waals surface area (Å²) < 4.78 is 0. The highest BCUT2D eigenvalue weighted by Gasteiger charge is 2.16. The Hall–Kier alpha value is -1.71. The monoisotopic (exact) mass is 182 g/mol. The molecule has 1 aromatic carbocycles. The van der Waals surface area contributed by atoms with E-state index < -0.39 is 11.7 Å². The van der Waals surface area contributed by atoms with Crippen molar-refractivity contribution in [3.63, 3.8) is 0 Å². The molecular formula is C9H10O4. The molecule has 1 rings (SSSR count). The van der Waals surface area contributed by atoms with Crippen molar-refractivity contribution in [1.29, 1.82) is 0 Å². The molecule has 0 amide bonds. The molecule has 70 valence electrons. The molecule has 0 aromatic heterocycles. The molecule has 0 atom stereocenters. The first-order valence-corrected chi connectivity index (χ1v) is 3.70. The molecule has 3 N–H and O–H groups in total. The molecule has 0 aliphatic heterocycles. The Kier molecular flexibility index (Phi) is 2.14. The van der Waals surface area contributed by atoms with E-state index in [0.29, 0.717) is 11.1 Å². The van der Waals surface area contributed by atoms with Gasteiger partial charge in [-0.25, -0.2) is 4.79 Å². The van der Waals surface area contributed by atoms with Gasteiger partial charge in [0.1, 0.15) is 5.56 Å². The fraction of sp³-hybridized carbons (Fsp3) is 0.222. The summed E-state index contributed by atoms with van der Waals surface area (Å²) in [5, 5.41) is 27.2. The second kappa shape index (κ2) is 2.97. The minimum absolute atomic E-state index is 0.277. The van der Waals surface area contributed by atoms with Gasteiger partial charge in [0, 0.05) is 0 Å². The number of phenolic OH excluding ortho intramolecular Hbond substituents is 1. The zero-order chi connectivity index (χ0) is 10.2. The Labute approximate surface area is 75.1 Å². The van der Waals surface area contributed by atoms with Crippen LogP contribution >= 0.6 is 0 Å². The summed E-state index contributed by atoms with van der Waals surface area (Å²) in [4.78, 5) is 10.6. The van der Waals surface area contributed by atoms with E-state index in [9.17, 15) is 15.0 Å². The van der Waals surface area contributed by atoms with Crippen molar-refractivity contribution in [1.82, 2.24) is 0 Å². The molecule has 13 heavy (non-hydrogen) atoms. The fourth-order valence-electron chi connectivity index (χ4n) is 1.05. The number of hydrogen-bond donors (Lipinski definition) is 3. The second-order valence-corrected chi connectivity index (χ2v) is 2.87. The SMILES string of the molecule is Cc1cc(C(=O)O)c(O)c(O)c1C. The molecule has 0 bridgehead atoms. The topological polar surface area (TPSA) is 77.8 Å². The number of carboxylic acids is 1. The Balaban J connectivity index is 3.50.